The fourth-order valence-electron chi connectivity index (χ4n) is 3.02. The van der Waals surface area contributed by atoms with E-state index in [2.05, 4.69) is 0 Å². The van der Waals surface area contributed by atoms with Crippen molar-refractivity contribution in [2.75, 3.05) is 24.4 Å². The Bertz CT molecular complexity index is 783. The number of rotatable bonds is 11. The molecule has 0 spiro atoms. The molecule has 0 saturated heterocycles. The Hall–Kier alpha value is -1.76. The number of hydrogen-bond donors (Lipinski definition) is 1. The van der Waals surface area contributed by atoms with Crippen LogP contribution < -0.4 is 0 Å². The van der Waals surface area contributed by atoms with Crippen LogP contribution in [0.25, 0.3) is 0 Å². The first-order valence-corrected chi connectivity index (χ1v) is 12.1. The van der Waals surface area contributed by atoms with Gasteiger partial charge in [-0.25, -0.2) is 0 Å². The summed E-state index contributed by atoms with van der Waals surface area (Å²) in [6.45, 7) is 2.44. The third kappa shape index (κ3) is 7.53. The Labute approximate surface area is 182 Å². The Balaban J connectivity index is 2.03. The number of aryl methyl sites for hydroxylation is 1. The second kappa shape index (κ2) is 12.7. The van der Waals surface area contributed by atoms with E-state index in [1.807, 2.05) is 55.6 Å². The number of nitrogens with zero attached hydrogens (tertiary/aromatic N) is 1. The van der Waals surface area contributed by atoms with Crippen molar-refractivity contribution < 1.29 is 14.7 Å². The van der Waals surface area contributed by atoms with E-state index in [1.54, 1.807) is 28.8 Å². The van der Waals surface area contributed by atoms with E-state index in [0.717, 1.165) is 23.3 Å². The van der Waals surface area contributed by atoms with Crippen LogP contribution >= 0.6 is 23.5 Å². The van der Waals surface area contributed by atoms with Gasteiger partial charge >= 0.3 is 0 Å². The van der Waals surface area contributed by atoms with Crippen LogP contribution in [0, 0.1) is 6.92 Å². The SMILES string of the molecule is CSCC[C@H](CO)N(Cc1ccccc1C)C(=O)CCSC(=O)c1ccccc1. The van der Waals surface area contributed by atoms with Crippen molar-refractivity contribution in [2.24, 2.45) is 0 Å². The minimum Gasteiger partial charge on any atom is -0.394 e. The summed E-state index contributed by atoms with van der Waals surface area (Å²) >= 11 is 2.87. The average molecular weight is 432 g/mol. The maximum Gasteiger partial charge on any atom is 0.224 e. The van der Waals surface area contributed by atoms with E-state index in [0.29, 0.717) is 17.9 Å². The van der Waals surface area contributed by atoms with Gasteiger partial charge < -0.3 is 10.0 Å². The quantitative estimate of drug-likeness (QED) is 0.571. The molecule has 2 rings (SSSR count). The van der Waals surface area contributed by atoms with Gasteiger partial charge in [-0.1, -0.05) is 66.4 Å². The van der Waals surface area contributed by atoms with Crippen LogP contribution in [0.15, 0.2) is 54.6 Å². The van der Waals surface area contributed by atoms with Crippen molar-refractivity contribution >= 4 is 34.5 Å². The van der Waals surface area contributed by atoms with E-state index in [1.165, 1.54) is 11.8 Å². The van der Waals surface area contributed by atoms with E-state index < -0.39 is 0 Å². The van der Waals surface area contributed by atoms with Gasteiger partial charge in [-0.3, -0.25) is 9.59 Å². The minimum absolute atomic E-state index is 0.0232. The van der Waals surface area contributed by atoms with E-state index in [9.17, 15) is 14.7 Å². The monoisotopic (exact) mass is 431 g/mol. The molecule has 0 aromatic heterocycles. The van der Waals surface area contributed by atoms with Gasteiger partial charge in [0.05, 0.1) is 12.6 Å². The molecule has 0 unspecified atom stereocenters. The van der Waals surface area contributed by atoms with Gasteiger partial charge in [0.25, 0.3) is 0 Å². The summed E-state index contributed by atoms with van der Waals surface area (Å²) in [4.78, 5) is 27.1. The number of aliphatic hydroxyl groups excluding tert-OH is 1. The average Bonchev–Trinajstić information content (AvgIpc) is 2.75. The summed E-state index contributed by atoms with van der Waals surface area (Å²) in [5.41, 5.74) is 2.85. The molecule has 1 atom stereocenters. The second-order valence-corrected chi connectivity index (χ2v) is 8.87. The predicted molar refractivity (Wildman–Crippen MR) is 123 cm³/mol. The topological polar surface area (TPSA) is 57.6 Å². The molecule has 2 aromatic carbocycles. The first-order chi connectivity index (χ1) is 14.1. The maximum absolute atomic E-state index is 13.0. The lowest BCUT2D eigenvalue weighted by atomic mass is 10.1. The molecule has 0 radical (unpaired) electrons. The van der Waals surface area contributed by atoms with Crippen molar-refractivity contribution in [3.63, 3.8) is 0 Å². The lowest BCUT2D eigenvalue weighted by Gasteiger charge is -2.31. The number of aliphatic hydroxyl groups is 1. The zero-order valence-electron chi connectivity index (χ0n) is 17.0. The van der Waals surface area contributed by atoms with Crippen molar-refractivity contribution in [1.82, 2.24) is 4.90 Å². The third-order valence-corrected chi connectivity index (χ3v) is 6.34. The van der Waals surface area contributed by atoms with Gasteiger partial charge in [0.15, 0.2) is 0 Å². The molecule has 2 aromatic rings. The molecule has 0 bridgehead atoms. The van der Waals surface area contributed by atoms with Crippen LogP contribution in [0.5, 0.6) is 0 Å². The van der Waals surface area contributed by atoms with Gasteiger partial charge in [0, 0.05) is 24.3 Å². The summed E-state index contributed by atoms with van der Waals surface area (Å²) in [6, 6.07) is 16.9. The Kier molecular flexibility index (Phi) is 10.3. The first-order valence-electron chi connectivity index (χ1n) is 9.72. The van der Waals surface area contributed by atoms with Crippen molar-refractivity contribution in [3.8, 4) is 0 Å². The zero-order valence-corrected chi connectivity index (χ0v) is 18.7. The number of thioether (sulfide) groups is 2. The lowest BCUT2D eigenvalue weighted by molar-refractivity contribution is -0.134. The Morgan fingerprint density at radius 1 is 1.03 bits per heavy atom. The van der Waals surface area contributed by atoms with Gasteiger partial charge in [-0.2, -0.15) is 11.8 Å². The summed E-state index contributed by atoms with van der Waals surface area (Å²) in [5.74, 6) is 1.28. The normalized spacial score (nSPS) is 11.8. The summed E-state index contributed by atoms with van der Waals surface area (Å²) in [5, 5.41) is 9.90. The molecule has 4 nitrogen and oxygen atoms in total. The molecule has 156 valence electrons. The Morgan fingerprint density at radius 2 is 1.72 bits per heavy atom. The highest BCUT2D eigenvalue weighted by molar-refractivity contribution is 8.14. The fraction of sp³-hybridized carbons (Fsp3) is 0.391. The van der Waals surface area contributed by atoms with Crippen LogP contribution in [-0.4, -0.2) is 51.4 Å². The fourth-order valence-corrected chi connectivity index (χ4v) is 4.30. The standard InChI is InChI=1S/C23H29NO3S2/c1-18-8-6-7-11-20(18)16-24(21(17-25)12-14-28-2)22(26)13-15-29-23(27)19-9-4-3-5-10-19/h3-11,21,25H,12-17H2,1-2H3/t21-/m1/s1. The largest absolute Gasteiger partial charge is 0.394 e. The predicted octanol–water partition coefficient (Wildman–Crippen LogP) is 4.40. The molecule has 0 heterocycles. The molecule has 0 fully saturated rings. The highest BCUT2D eigenvalue weighted by atomic mass is 32.2. The van der Waals surface area contributed by atoms with Crippen LogP contribution in [-0.2, 0) is 11.3 Å². The molecule has 0 aliphatic rings. The van der Waals surface area contributed by atoms with Crippen molar-refractivity contribution in [2.45, 2.75) is 32.4 Å². The Morgan fingerprint density at radius 3 is 2.38 bits per heavy atom. The highest BCUT2D eigenvalue weighted by Gasteiger charge is 2.23. The number of carbonyl (C=O) groups excluding carboxylic acids is 2. The summed E-state index contributed by atoms with van der Waals surface area (Å²) in [7, 11) is 0. The first kappa shape index (κ1) is 23.5. The van der Waals surface area contributed by atoms with Gasteiger partial charge in [-0.15, -0.1) is 0 Å². The molecule has 29 heavy (non-hydrogen) atoms. The van der Waals surface area contributed by atoms with Gasteiger partial charge in [-0.05, 0) is 36.5 Å². The molecule has 1 N–H and O–H groups in total. The van der Waals surface area contributed by atoms with Crippen LogP contribution in [0.3, 0.4) is 0 Å². The maximum atomic E-state index is 13.0. The summed E-state index contributed by atoms with van der Waals surface area (Å²) < 4.78 is 0. The molecule has 0 aliphatic heterocycles. The molecular formula is C23H29NO3S2. The van der Waals surface area contributed by atoms with Gasteiger partial charge in [0.2, 0.25) is 11.0 Å². The molecule has 0 aliphatic carbocycles. The highest BCUT2D eigenvalue weighted by Crippen LogP contribution is 2.19. The van der Waals surface area contributed by atoms with Crippen LogP contribution in [0.4, 0.5) is 0 Å². The van der Waals surface area contributed by atoms with E-state index in [-0.39, 0.29) is 30.1 Å². The van der Waals surface area contributed by atoms with E-state index >= 15 is 0 Å². The van der Waals surface area contributed by atoms with Crippen molar-refractivity contribution in [1.29, 1.82) is 0 Å². The smallest absolute Gasteiger partial charge is 0.224 e. The molecular weight excluding hydrogens is 402 g/mol. The third-order valence-electron chi connectivity index (χ3n) is 4.79. The summed E-state index contributed by atoms with van der Waals surface area (Å²) in [6.07, 6.45) is 3.03. The number of amides is 1. The van der Waals surface area contributed by atoms with Crippen LogP contribution in [0.2, 0.25) is 0 Å². The van der Waals surface area contributed by atoms with Gasteiger partial charge in [0.1, 0.15) is 0 Å². The number of carbonyl (C=O) groups is 2. The second-order valence-electron chi connectivity index (χ2n) is 6.82. The van der Waals surface area contributed by atoms with E-state index in [4.69, 9.17) is 0 Å². The number of benzene rings is 2. The lowest BCUT2D eigenvalue weighted by Crippen LogP contribution is -2.42. The minimum atomic E-state index is -0.218. The zero-order chi connectivity index (χ0) is 21.1. The van der Waals surface area contributed by atoms with Crippen molar-refractivity contribution in [3.05, 3.63) is 71.3 Å². The number of hydrogen-bond acceptors (Lipinski definition) is 5. The molecule has 1 amide bonds. The molecule has 6 heteroatoms. The molecule has 0 saturated carbocycles. The van der Waals surface area contributed by atoms with Crippen LogP contribution in [0.1, 0.15) is 34.3 Å².